The number of hydrogen-bond acceptors (Lipinski definition) is 4. The number of H-pyrrole nitrogens is 1. The molecule has 0 saturated heterocycles. The van der Waals surface area contributed by atoms with Crippen molar-refractivity contribution in [1.29, 1.82) is 0 Å². The maximum atomic E-state index is 12.6. The smallest absolute Gasteiger partial charge is 0.234 e. The number of carbonyl (C=O) groups is 1. The van der Waals surface area contributed by atoms with Crippen molar-refractivity contribution in [2.45, 2.75) is 12.1 Å². The Morgan fingerprint density at radius 2 is 1.88 bits per heavy atom. The van der Waals surface area contributed by atoms with Gasteiger partial charge >= 0.3 is 0 Å². The van der Waals surface area contributed by atoms with E-state index in [2.05, 4.69) is 32.6 Å². The number of nitrogens with zero attached hydrogens (tertiary/aromatic N) is 3. The third-order valence-electron chi connectivity index (χ3n) is 5.20. The van der Waals surface area contributed by atoms with Gasteiger partial charge in [-0.3, -0.25) is 9.36 Å². The predicted octanol–water partition coefficient (Wildman–Crippen LogP) is 6.11. The van der Waals surface area contributed by atoms with E-state index in [0.717, 1.165) is 27.7 Å². The number of aromatic amines is 1. The van der Waals surface area contributed by atoms with Gasteiger partial charge in [0.2, 0.25) is 5.91 Å². The number of anilines is 1. The fraction of sp³-hybridized carbons (Fsp3) is 0.0800. The fourth-order valence-corrected chi connectivity index (χ4v) is 4.61. The Morgan fingerprint density at radius 1 is 1.06 bits per heavy atom. The maximum absolute atomic E-state index is 12.6. The van der Waals surface area contributed by atoms with Crippen molar-refractivity contribution in [3.05, 3.63) is 89.6 Å². The summed E-state index contributed by atoms with van der Waals surface area (Å²) in [5, 5.41) is 14.0. The number of rotatable bonds is 6. The van der Waals surface area contributed by atoms with Crippen LogP contribution in [0.25, 0.3) is 28.0 Å². The van der Waals surface area contributed by atoms with E-state index in [0.29, 0.717) is 21.7 Å². The van der Waals surface area contributed by atoms with Crippen LogP contribution in [-0.4, -0.2) is 31.4 Å². The Hall–Kier alpha value is -3.55. The molecule has 2 N–H and O–H groups in total. The van der Waals surface area contributed by atoms with E-state index in [1.165, 1.54) is 11.8 Å². The number of halogens is 1. The first-order valence-corrected chi connectivity index (χ1v) is 11.7. The Labute approximate surface area is 200 Å². The lowest BCUT2D eigenvalue weighted by Gasteiger charge is -2.11. The first-order valence-electron chi connectivity index (χ1n) is 10.4. The van der Waals surface area contributed by atoms with Crippen LogP contribution in [0.2, 0.25) is 5.02 Å². The van der Waals surface area contributed by atoms with Gasteiger partial charge in [0, 0.05) is 28.4 Å². The van der Waals surface area contributed by atoms with Crippen LogP contribution in [0.4, 0.5) is 5.69 Å². The molecular formula is C25H20ClN5OS. The largest absolute Gasteiger partial charge is 0.360 e. The Balaban J connectivity index is 1.49. The monoisotopic (exact) mass is 473 g/mol. The van der Waals surface area contributed by atoms with E-state index in [-0.39, 0.29) is 11.7 Å². The summed E-state index contributed by atoms with van der Waals surface area (Å²) in [6.45, 7) is 2.04. The number of para-hydroxylation sites is 2. The van der Waals surface area contributed by atoms with Crippen molar-refractivity contribution in [1.82, 2.24) is 19.7 Å². The Bertz CT molecular complexity index is 1460. The molecule has 0 fully saturated rings. The van der Waals surface area contributed by atoms with Gasteiger partial charge in [0.1, 0.15) is 0 Å². The molecular weight excluding hydrogens is 454 g/mol. The summed E-state index contributed by atoms with van der Waals surface area (Å²) >= 11 is 7.49. The molecule has 5 rings (SSSR count). The van der Waals surface area contributed by atoms with Crippen LogP contribution >= 0.6 is 23.4 Å². The van der Waals surface area contributed by atoms with Crippen molar-refractivity contribution < 1.29 is 4.79 Å². The molecule has 2 heterocycles. The third-order valence-corrected chi connectivity index (χ3v) is 6.46. The second-order valence-electron chi connectivity index (χ2n) is 7.55. The molecule has 0 saturated carbocycles. The number of amides is 1. The molecule has 8 heteroatoms. The van der Waals surface area contributed by atoms with Crippen molar-refractivity contribution in [2.24, 2.45) is 0 Å². The molecule has 0 radical (unpaired) electrons. The molecule has 1 amide bonds. The molecule has 0 atom stereocenters. The molecule has 0 bridgehead atoms. The van der Waals surface area contributed by atoms with Crippen LogP contribution in [-0.2, 0) is 4.79 Å². The highest BCUT2D eigenvalue weighted by Gasteiger charge is 2.20. The average Bonchev–Trinajstić information content (AvgIpc) is 3.43. The number of fused-ring (bicyclic) bond motifs is 1. The molecule has 2 aromatic heterocycles. The maximum Gasteiger partial charge on any atom is 0.234 e. The van der Waals surface area contributed by atoms with Gasteiger partial charge in [-0.15, -0.1) is 10.2 Å². The third kappa shape index (κ3) is 4.37. The minimum atomic E-state index is -0.166. The lowest BCUT2D eigenvalue weighted by molar-refractivity contribution is -0.113. The molecule has 0 aliphatic heterocycles. The number of aryl methyl sites for hydroxylation is 1. The molecule has 6 nitrogen and oxygen atoms in total. The highest BCUT2D eigenvalue weighted by Crippen LogP contribution is 2.32. The number of thioether (sulfide) groups is 1. The lowest BCUT2D eigenvalue weighted by Crippen LogP contribution is -2.14. The second-order valence-corrected chi connectivity index (χ2v) is 8.89. The summed E-state index contributed by atoms with van der Waals surface area (Å²) in [7, 11) is 0. The van der Waals surface area contributed by atoms with E-state index in [1.807, 2.05) is 66.2 Å². The highest BCUT2D eigenvalue weighted by molar-refractivity contribution is 7.99. The second kappa shape index (κ2) is 9.13. The van der Waals surface area contributed by atoms with Gasteiger partial charge in [0.15, 0.2) is 11.0 Å². The summed E-state index contributed by atoms with van der Waals surface area (Å²) < 4.78 is 2.00. The van der Waals surface area contributed by atoms with Crippen LogP contribution in [0.3, 0.4) is 0 Å². The van der Waals surface area contributed by atoms with Gasteiger partial charge in [-0.1, -0.05) is 65.8 Å². The first kappa shape index (κ1) is 21.3. The van der Waals surface area contributed by atoms with Crippen LogP contribution < -0.4 is 5.32 Å². The molecule has 33 heavy (non-hydrogen) atoms. The van der Waals surface area contributed by atoms with Gasteiger partial charge in [0.05, 0.1) is 16.5 Å². The minimum absolute atomic E-state index is 0.166. The van der Waals surface area contributed by atoms with Crippen molar-refractivity contribution in [3.8, 4) is 17.1 Å². The highest BCUT2D eigenvalue weighted by atomic mass is 35.5. The summed E-state index contributed by atoms with van der Waals surface area (Å²) in [5.74, 6) is 0.718. The number of benzene rings is 3. The van der Waals surface area contributed by atoms with Gasteiger partial charge in [-0.05, 0) is 42.8 Å². The van der Waals surface area contributed by atoms with Crippen LogP contribution in [0.15, 0.2) is 84.1 Å². The van der Waals surface area contributed by atoms with E-state index in [4.69, 9.17) is 11.6 Å². The molecule has 0 aliphatic rings. The van der Waals surface area contributed by atoms with Gasteiger partial charge in [-0.2, -0.15) is 0 Å². The molecule has 0 spiro atoms. The van der Waals surface area contributed by atoms with Crippen molar-refractivity contribution in [2.75, 3.05) is 11.1 Å². The summed E-state index contributed by atoms with van der Waals surface area (Å²) in [5.41, 5.74) is 4.63. The number of nitrogens with one attached hydrogen (secondary N) is 2. The van der Waals surface area contributed by atoms with Crippen LogP contribution in [0.5, 0.6) is 0 Å². The zero-order chi connectivity index (χ0) is 22.8. The zero-order valence-corrected chi connectivity index (χ0v) is 19.3. The van der Waals surface area contributed by atoms with Gasteiger partial charge in [0.25, 0.3) is 0 Å². The Kier molecular flexibility index (Phi) is 5.90. The van der Waals surface area contributed by atoms with Crippen LogP contribution in [0, 0.1) is 6.92 Å². The topological polar surface area (TPSA) is 75.6 Å². The van der Waals surface area contributed by atoms with Crippen molar-refractivity contribution in [3.63, 3.8) is 0 Å². The SMILES string of the molecule is Cc1cccc(-n2c(SCC(=O)Nc3ccccc3Cl)nnc2-c2c[nH]c3ccccc23)c1. The normalized spacial score (nSPS) is 11.1. The van der Waals surface area contributed by atoms with Crippen LogP contribution in [0.1, 0.15) is 5.56 Å². The summed E-state index contributed by atoms with van der Waals surface area (Å²) in [6, 6.07) is 23.4. The number of carbonyl (C=O) groups excluding carboxylic acids is 1. The van der Waals surface area contributed by atoms with Gasteiger partial charge in [-0.25, -0.2) is 0 Å². The lowest BCUT2D eigenvalue weighted by atomic mass is 10.1. The van der Waals surface area contributed by atoms with E-state index in [9.17, 15) is 4.79 Å². The summed E-state index contributed by atoms with van der Waals surface area (Å²) in [6.07, 6.45) is 1.94. The van der Waals surface area contributed by atoms with Crippen molar-refractivity contribution >= 4 is 45.9 Å². The molecule has 0 aliphatic carbocycles. The standard InChI is InChI=1S/C25H20ClN5OS/c1-16-7-6-8-17(13-16)31-24(19-14-27-21-11-4-2-9-18(19)21)29-30-25(31)33-15-23(32)28-22-12-5-3-10-20(22)26/h2-14,27H,15H2,1H3,(H,28,32). The molecule has 0 unspecified atom stereocenters. The predicted molar refractivity (Wildman–Crippen MR) is 134 cm³/mol. The van der Waals surface area contributed by atoms with E-state index in [1.54, 1.807) is 12.1 Å². The Morgan fingerprint density at radius 3 is 2.73 bits per heavy atom. The molecule has 164 valence electrons. The summed E-state index contributed by atoms with van der Waals surface area (Å²) in [4.78, 5) is 15.9. The number of aromatic nitrogens is 4. The number of hydrogen-bond donors (Lipinski definition) is 2. The fourth-order valence-electron chi connectivity index (χ4n) is 3.67. The van der Waals surface area contributed by atoms with Gasteiger partial charge < -0.3 is 10.3 Å². The van der Waals surface area contributed by atoms with E-state index < -0.39 is 0 Å². The zero-order valence-electron chi connectivity index (χ0n) is 17.7. The molecule has 3 aromatic carbocycles. The quantitative estimate of drug-likeness (QED) is 0.292. The molecule has 5 aromatic rings. The first-order chi connectivity index (χ1) is 16.1. The minimum Gasteiger partial charge on any atom is -0.360 e. The van der Waals surface area contributed by atoms with E-state index >= 15 is 0 Å². The average molecular weight is 474 g/mol.